The number of carbonyl (C=O) groups is 1. The summed E-state index contributed by atoms with van der Waals surface area (Å²) >= 11 is 0. The van der Waals surface area contributed by atoms with E-state index in [-0.39, 0.29) is 24.3 Å². The summed E-state index contributed by atoms with van der Waals surface area (Å²) in [5.41, 5.74) is 6.19. The van der Waals surface area contributed by atoms with Gasteiger partial charge in [0.1, 0.15) is 24.4 Å². The van der Waals surface area contributed by atoms with Crippen LogP contribution >= 0.6 is 0 Å². The predicted molar refractivity (Wildman–Crippen MR) is 82.1 cm³/mol. The maximum absolute atomic E-state index is 12.0. The zero-order valence-electron chi connectivity index (χ0n) is 12.9. The van der Waals surface area contributed by atoms with Gasteiger partial charge in [0.05, 0.1) is 6.61 Å². The van der Waals surface area contributed by atoms with Crippen LogP contribution in [0.2, 0.25) is 0 Å². The van der Waals surface area contributed by atoms with Crippen LogP contribution in [0.25, 0.3) is 0 Å². The van der Waals surface area contributed by atoms with Crippen LogP contribution < -0.4 is 5.73 Å². The summed E-state index contributed by atoms with van der Waals surface area (Å²) in [6, 6.07) is 2.84. The van der Waals surface area contributed by atoms with Gasteiger partial charge >= 0.3 is 5.97 Å². The van der Waals surface area contributed by atoms with Crippen molar-refractivity contribution in [1.29, 1.82) is 0 Å². The molecule has 0 aliphatic heterocycles. The molecule has 9 heteroatoms. The highest BCUT2D eigenvalue weighted by Gasteiger charge is 2.30. The molecular formula is C15H23NO8. The third-order valence-corrected chi connectivity index (χ3v) is 3.44. The largest absolute Gasteiger partial charge is 0.504 e. The molecule has 0 radical (unpaired) electrons. The number of carbonyl (C=O) groups excluding carboxylic acids is 1. The second-order valence-corrected chi connectivity index (χ2v) is 5.36. The standard InChI is InChI=1S/C15H23NO8/c16-9(5-8-1-2-10(19)11(20)6-8)15(23)24-13(3-4-17)14(22)12(21)7-18/h1-2,6,9,12-14,17-22H,3-5,7,16H2/t9?,12-,13-,14-/m1/s1. The molecule has 0 amide bonds. The van der Waals surface area contributed by atoms with Crippen LogP contribution in [0.15, 0.2) is 18.2 Å². The number of esters is 1. The molecule has 24 heavy (non-hydrogen) atoms. The second kappa shape index (κ2) is 9.40. The lowest BCUT2D eigenvalue weighted by Crippen LogP contribution is -2.45. The van der Waals surface area contributed by atoms with Crippen molar-refractivity contribution in [3.63, 3.8) is 0 Å². The summed E-state index contributed by atoms with van der Waals surface area (Å²) in [6.45, 7) is -1.15. The monoisotopic (exact) mass is 345 g/mol. The van der Waals surface area contributed by atoms with Crippen molar-refractivity contribution in [2.45, 2.75) is 37.2 Å². The number of aliphatic hydroxyl groups excluding tert-OH is 4. The van der Waals surface area contributed by atoms with Crippen molar-refractivity contribution < 1.29 is 40.2 Å². The molecule has 0 heterocycles. The van der Waals surface area contributed by atoms with Crippen molar-refractivity contribution >= 4 is 5.97 Å². The first-order chi connectivity index (χ1) is 11.3. The molecule has 0 saturated carbocycles. The molecule has 1 aromatic rings. The first kappa shape index (κ1) is 20.1. The number of phenolic OH excluding ortho intramolecular Hbond substituents is 2. The molecule has 0 saturated heterocycles. The summed E-state index contributed by atoms with van der Waals surface area (Å²) in [4.78, 5) is 12.0. The Kier molecular flexibility index (Phi) is 7.89. The molecule has 1 unspecified atom stereocenters. The van der Waals surface area contributed by atoms with E-state index in [9.17, 15) is 25.2 Å². The summed E-state index contributed by atoms with van der Waals surface area (Å²) in [7, 11) is 0. The molecule has 136 valence electrons. The summed E-state index contributed by atoms with van der Waals surface area (Å²) in [5, 5.41) is 55.6. The zero-order chi connectivity index (χ0) is 18.3. The van der Waals surface area contributed by atoms with Gasteiger partial charge in [-0.1, -0.05) is 6.07 Å². The fourth-order valence-electron chi connectivity index (χ4n) is 2.05. The first-order valence-corrected chi connectivity index (χ1v) is 7.35. The van der Waals surface area contributed by atoms with E-state index in [4.69, 9.17) is 20.7 Å². The Hall–Kier alpha value is -1.91. The van der Waals surface area contributed by atoms with Gasteiger partial charge in [-0.05, 0) is 24.1 Å². The molecule has 0 aromatic heterocycles. The Labute approximate surface area is 138 Å². The minimum absolute atomic E-state index is 0.00281. The normalized spacial score (nSPS) is 16.2. The molecule has 8 N–H and O–H groups in total. The van der Waals surface area contributed by atoms with Gasteiger partial charge < -0.3 is 41.1 Å². The highest BCUT2D eigenvalue weighted by atomic mass is 16.6. The quantitative estimate of drug-likeness (QED) is 0.197. The van der Waals surface area contributed by atoms with E-state index in [0.717, 1.165) is 0 Å². The Morgan fingerprint density at radius 1 is 1.17 bits per heavy atom. The number of nitrogens with two attached hydrogens (primary N) is 1. The minimum atomic E-state index is -1.57. The van der Waals surface area contributed by atoms with Crippen molar-refractivity contribution in [3.8, 4) is 11.5 Å². The van der Waals surface area contributed by atoms with Gasteiger partial charge in [-0.25, -0.2) is 0 Å². The van der Waals surface area contributed by atoms with E-state index >= 15 is 0 Å². The summed E-state index contributed by atoms with van der Waals surface area (Å²) in [5.74, 6) is -1.54. The van der Waals surface area contributed by atoms with E-state index in [1.54, 1.807) is 0 Å². The van der Waals surface area contributed by atoms with Gasteiger partial charge in [0.25, 0.3) is 0 Å². The van der Waals surface area contributed by atoms with E-state index < -0.39 is 43.5 Å². The Morgan fingerprint density at radius 2 is 1.83 bits per heavy atom. The number of rotatable bonds is 9. The van der Waals surface area contributed by atoms with Gasteiger partial charge in [-0.3, -0.25) is 4.79 Å². The lowest BCUT2D eigenvalue weighted by atomic mass is 10.0. The Morgan fingerprint density at radius 3 is 2.38 bits per heavy atom. The van der Waals surface area contributed by atoms with E-state index in [0.29, 0.717) is 5.56 Å². The molecular weight excluding hydrogens is 322 g/mol. The molecule has 9 nitrogen and oxygen atoms in total. The smallest absolute Gasteiger partial charge is 0.323 e. The van der Waals surface area contributed by atoms with Crippen LogP contribution in [0.1, 0.15) is 12.0 Å². The lowest BCUT2D eigenvalue weighted by molar-refractivity contribution is -0.164. The van der Waals surface area contributed by atoms with E-state index in [1.165, 1.54) is 18.2 Å². The number of hydrogen-bond donors (Lipinski definition) is 7. The topological polar surface area (TPSA) is 174 Å². The van der Waals surface area contributed by atoms with Crippen molar-refractivity contribution in [1.82, 2.24) is 0 Å². The average molecular weight is 345 g/mol. The van der Waals surface area contributed by atoms with Gasteiger partial charge in [0.2, 0.25) is 0 Å². The van der Waals surface area contributed by atoms with Crippen LogP contribution in [-0.2, 0) is 16.0 Å². The maximum atomic E-state index is 12.0. The van der Waals surface area contributed by atoms with Gasteiger partial charge in [0, 0.05) is 13.0 Å². The Bertz CT molecular complexity index is 538. The zero-order valence-corrected chi connectivity index (χ0v) is 12.9. The average Bonchev–Trinajstić information content (AvgIpc) is 2.56. The first-order valence-electron chi connectivity index (χ1n) is 7.35. The van der Waals surface area contributed by atoms with Crippen LogP contribution in [0, 0.1) is 0 Å². The molecule has 0 aliphatic carbocycles. The maximum Gasteiger partial charge on any atom is 0.323 e. The van der Waals surface area contributed by atoms with E-state index in [2.05, 4.69) is 0 Å². The number of hydrogen-bond acceptors (Lipinski definition) is 9. The number of aromatic hydroxyl groups is 2. The van der Waals surface area contributed by atoms with Crippen molar-refractivity contribution in [3.05, 3.63) is 23.8 Å². The van der Waals surface area contributed by atoms with E-state index in [1.807, 2.05) is 0 Å². The SMILES string of the molecule is NC(Cc1ccc(O)c(O)c1)C(=O)O[C@H](CCO)[C@H](O)[C@H](O)CO. The Balaban J connectivity index is 2.70. The lowest BCUT2D eigenvalue weighted by Gasteiger charge is -2.26. The highest BCUT2D eigenvalue weighted by Crippen LogP contribution is 2.25. The molecule has 1 rings (SSSR count). The van der Waals surface area contributed by atoms with Gasteiger partial charge in [0.15, 0.2) is 11.5 Å². The fourth-order valence-corrected chi connectivity index (χ4v) is 2.05. The van der Waals surface area contributed by atoms with Gasteiger partial charge in [-0.2, -0.15) is 0 Å². The minimum Gasteiger partial charge on any atom is -0.504 e. The third kappa shape index (κ3) is 5.62. The number of ether oxygens (including phenoxy) is 1. The molecule has 0 spiro atoms. The van der Waals surface area contributed by atoms with Crippen LogP contribution in [-0.4, -0.2) is 74.2 Å². The van der Waals surface area contributed by atoms with Crippen LogP contribution in [0.3, 0.4) is 0 Å². The van der Waals surface area contributed by atoms with Crippen LogP contribution in [0.4, 0.5) is 0 Å². The molecule has 0 fully saturated rings. The number of aliphatic hydroxyl groups is 4. The number of phenols is 2. The van der Waals surface area contributed by atoms with Gasteiger partial charge in [-0.15, -0.1) is 0 Å². The fraction of sp³-hybridized carbons (Fsp3) is 0.533. The van der Waals surface area contributed by atoms with Crippen molar-refractivity contribution in [2.75, 3.05) is 13.2 Å². The molecule has 1 aromatic carbocycles. The van der Waals surface area contributed by atoms with Crippen molar-refractivity contribution in [2.24, 2.45) is 5.73 Å². The summed E-state index contributed by atoms with van der Waals surface area (Å²) < 4.78 is 5.01. The molecule has 0 bridgehead atoms. The highest BCUT2D eigenvalue weighted by molar-refractivity contribution is 5.76. The second-order valence-electron chi connectivity index (χ2n) is 5.36. The molecule has 4 atom stereocenters. The third-order valence-electron chi connectivity index (χ3n) is 3.44. The molecule has 0 aliphatic rings. The summed E-state index contributed by atoms with van der Waals surface area (Å²) in [6.07, 6.45) is -4.48. The van der Waals surface area contributed by atoms with Crippen LogP contribution in [0.5, 0.6) is 11.5 Å². The number of benzene rings is 1. The predicted octanol–water partition coefficient (Wildman–Crippen LogP) is -2.02.